The molecule has 108 valence electrons. The molecule has 4 nitrogen and oxygen atoms in total. The van der Waals surface area contributed by atoms with E-state index in [9.17, 15) is 18.0 Å². The summed E-state index contributed by atoms with van der Waals surface area (Å²) in [6.07, 6.45) is -0.826. The first-order valence-corrected chi connectivity index (χ1v) is 6.30. The van der Waals surface area contributed by atoms with Crippen molar-refractivity contribution in [2.75, 3.05) is 13.1 Å². The summed E-state index contributed by atoms with van der Waals surface area (Å²) in [6.45, 7) is 1.50. The molecular weight excluding hydrogens is 273 g/mol. The molecule has 1 spiro atoms. The number of alkyl halides is 3. The molecule has 1 aromatic rings. The van der Waals surface area contributed by atoms with Gasteiger partial charge in [0.15, 0.2) is 0 Å². The molecular formula is C13H13F3N2O2. The van der Waals surface area contributed by atoms with E-state index in [0.29, 0.717) is 5.75 Å². The average molecular weight is 286 g/mol. The molecule has 0 unspecified atom stereocenters. The Morgan fingerprint density at radius 1 is 1.35 bits per heavy atom. The topological polar surface area (TPSA) is 42.4 Å². The van der Waals surface area contributed by atoms with E-state index >= 15 is 0 Å². The third kappa shape index (κ3) is 2.32. The number of hydrogen-bond acceptors (Lipinski definition) is 3. The number of ether oxygens (including phenoxy) is 1. The fourth-order valence-corrected chi connectivity index (χ4v) is 2.95. The molecule has 2 aliphatic rings. The van der Waals surface area contributed by atoms with Crippen LogP contribution in [-0.4, -0.2) is 35.5 Å². The summed E-state index contributed by atoms with van der Waals surface area (Å²) >= 11 is 0. The Morgan fingerprint density at radius 2 is 2.05 bits per heavy atom. The second kappa shape index (κ2) is 4.36. The van der Waals surface area contributed by atoms with Crippen LogP contribution in [-0.2, 0) is 11.0 Å². The first-order valence-electron chi connectivity index (χ1n) is 6.30. The minimum Gasteiger partial charge on any atom is -0.489 e. The zero-order valence-electron chi connectivity index (χ0n) is 10.6. The Hall–Kier alpha value is -1.79. The Labute approximate surface area is 113 Å². The molecule has 20 heavy (non-hydrogen) atoms. The van der Waals surface area contributed by atoms with Gasteiger partial charge in [0.25, 0.3) is 0 Å². The number of rotatable bonds is 3. The van der Waals surface area contributed by atoms with Gasteiger partial charge in [0.2, 0.25) is 6.41 Å². The number of carbonyl (C=O) groups excluding carboxylic acids is 1. The third-order valence-corrected chi connectivity index (χ3v) is 3.88. The predicted molar refractivity (Wildman–Crippen MR) is 63.0 cm³/mol. The molecule has 1 aromatic heterocycles. The van der Waals surface area contributed by atoms with Crippen molar-refractivity contribution in [3.63, 3.8) is 0 Å². The monoisotopic (exact) mass is 286 g/mol. The van der Waals surface area contributed by atoms with Crippen LogP contribution in [0.15, 0.2) is 18.3 Å². The minimum absolute atomic E-state index is 0.00217. The number of hydrogen-bond donors (Lipinski definition) is 0. The summed E-state index contributed by atoms with van der Waals surface area (Å²) in [4.78, 5) is 15.6. The number of amides is 1. The lowest BCUT2D eigenvalue weighted by Gasteiger charge is -2.57. The molecule has 1 aliphatic heterocycles. The van der Waals surface area contributed by atoms with E-state index in [-0.39, 0.29) is 11.5 Å². The molecule has 0 bridgehead atoms. The molecule has 3 rings (SSSR count). The summed E-state index contributed by atoms with van der Waals surface area (Å²) < 4.78 is 42.6. The average Bonchev–Trinajstić information content (AvgIpc) is 2.30. The maximum atomic E-state index is 12.3. The van der Waals surface area contributed by atoms with Crippen molar-refractivity contribution in [1.29, 1.82) is 0 Å². The number of carbonyl (C=O) groups is 1. The molecule has 1 saturated heterocycles. The Kier molecular flexibility index (Phi) is 2.88. The smallest absolute Gasteiger partial charge is 0.433 e. The fourth-order valence-electron chi connectivity index (χ4n) is 2.95. The van der Waals surface area contributed by atoms with Crippen LogP contribution >= 0.6 is 0 Å². The second-order valence-corrected chi connectivity index (χ2v) is 5.54. The molecule has 0 N–H and O–H groups in total. The Morgan fingerprint density at radius 3 is 2.55 bits per heavy atom. The number of likely N-dealkylation sites (tertiary alicyclic amines) is 1. The van der Waals surface area contributed by atoms with E-state index in [0.717, 1.165) is 44.6 Å². The summed E-state index contributed by atoms with van der Waals surface area (Å²) in [6, 6.07) is 2.21. The van der Waals surface area contributed by atoms with Crippen molar-refractivity contribution in [3.05, 3.63) is 24.0 Å². The van der Waals surface area contributed by atoms with E-state index in [4.69, 9.17) is 4.74 Å². The van der Waals surface area contributed by atoms with E-state index in [1.54, 1.807) is 4.90 Å². The van der Waals surface area contributed by atoms with Gasteiger partial charge in [-0.3, -0.25) is 4.79 Å². The molecule has 0 radical (unpaired) electrons. The van der Waals surface area contributed by atoms with Crippen molar-refractivity contribution in [2.45, 2.75) is 25.1 Å². The molecule has 2 heterocycles. The Balaban J connectivity index is 1.52. The maximum Gasteiger partial charge on any atom is 0.433 e. The highest BCUT2D eigenvalue weighted by molar-refractivity contribution is 5.49. The summed E-state index contributed by atoms with van der Waals surface area (Å²) in [5.74, 6) is 0.351. The van der Waals surface area contributed by atoms with Gasteiger partial charge in [-0.2, -0.15) is 13.2 Å². The molecule has 1 aliphatic carbocycles. The van der Waals surface area contributed by atoms with Gasteiger partial charge in [0.1, 0.15) is 17.5 Å². The van der Waals surface area contributed by atoms with Crippen LogP contribution in [0.1, 0.15) is 18.5 Å². The predicted octanol–water partition coefficient (Wildman–Crippen LogP) is 2.10. The zero-order valence-corrected chi connectivity index (χ0v) is 10.6. The third-order valence-electron chi connectivity index (χ3n) is 3.88. The van der Waals surface area contributed by atoms with E-state index in [2.05, 4.69) is 4.98 Å². The number of pyridine rings is 1. The molecule has 1 amide bonds. The van der Waals surface area contributed by atoms with Gasteiger partial charge in [-0.15, -0.1) is 0 Å². The van der Waals surface area contributed by atoms with E-state index < -0.39 is 11.9 Å². The molecule has 2 fully saturated rings. The summed E-state index contributed by atoms with van der Waals surface area (Å²) in [7, 11) is 0. The van der Waals surface area contributed by atoms with Crippen LogP contribution in [0.2, 0.25) is 0 Å². The van der Waals surface area contributed by atoms with Gasteiger partial charge in [-0.05, 0) is 25.0 Å². The van der Waals surface area contributed by atoms with Crippen LogP contribution in [0.4, 0.5) is 13.2 Å². The van der Waals surface area contributed by atoms with E-state index in [1.165, 1.54) is 6.07 Å². The zero-order chi connectivity index (χ0) is 14.4. The minimum atomic E-state index is -4.43. The van der Waals surface area contributed by atoms with Crippen molar-refractivity contribution in [2.24, 2.45) is 5.41 Å². The van der Waals surface area contributed by atoms with Gasteiger partial charge in [0, 0.05) is 18.5 Å². The number of nitrogens with zero attached hydrogens (tertiary/aromatic N) is 2. The maximum absolute atomic E-state index is 12.3. The number of halogens is 3. The molecule has 1 saturated carbocycles. The highest BCUT2D eigenvalue weighted by atomic mass is 19.4. The highest BCUT2D eigenvalue weighted by Gasteiger charge is 2.53. The first-order chi connectivity index (χ1) is 9.40. The standard InChI is InChI=1S/C13H13F3N2O2/c14-13(15,16)11-2-1-9(5-17-11)20-10-3-12(4-10)6-18(7-12)8-19/h1-2,5,8,10H,3-4,6-7H2. The quantitative estimate of drug-likeness (QED) is 0.799. The Bertz CT molecular complexity index is 501. The summed E-state index contributed by atoms with van der Waals surface area (Å²) in [5, 5.41) is 0. The van der Waals surface area contributed by atoms with Gasteiger partial charge >= 0.3 is 6.18 Å². The van der Waals surface area contributed by atoms with Crippen LogP contribution in [0, 0.1) is 5.41 Å². The molecule has 0 atom stereocenters. The molecule has 0 aromatic carbocycles. The lowest BCUT2D eigenvalue weighted by atomic mass is 9.62. The highest BCUT2D eigenvalue weighted by Crippen LogP contribution is 2.49. The fraction of sp³-hybridized carbons (Fsp3) is 0.538. The van der Waals surface area contributed by atoms with E-state index in [1.807, 2.05) is 0 Å². The summed E-state index contributed by atoms with van der Waals surface area (Å²) in [5.41, 5.74) is -0.749. The van der Waals surface area contributed by atoms with Gasteiger partial charge in [-0.1, -0.05) is 0 Å². The normalized spacial score (nSPS) is 21.2. The van der Waals surface area contributed by atoms with Gasteiger partial charge < -0.3 is 9.64 Å². The lowest BCUT2D eigenvalue weighted by molar-refractivity contribution is -0.147. The van der Waals surface area contributed by atoms with Gasteiger partial charge in [-0.25, -0.2) is 4.98 Å². The van der Waals surface area contributed by atoms with Gasteiger partial charge in [0.05, 0.1) is 6.20 Å². The second-order valence-electron chi connectivity index (χ2n) is 5.54. The number of aromatic nitrogens is 1. The van der Waals surface area contributed by atoms with Crippen LogP contribution in [0.3, 0.4) is 0 Å². The molecule has 7 heteroatoms. The van der Waals surface area contributed by atoms with Crippen molar-refractivity contribution in [3.8, 4) is 5.75 Å². The first kappa shape index (κ1) is 13.2. The van der Waals surface area contributed by atoms with Crippen molar-refractivity contribution in [1.82, 2.24) is 9.88 Å². The SMILES string of the molecule is O=CN1CC2(CC(Oc3ccc(C(F)(F)F)nc3)C2)C1. The lowest BCUT2D eigenvalue weighted by Crippen LogP contribution is -2.64. The largest absolute Gasteiger partial charge is 0.489 e. The van der Waals surface area contributed by atoms with Crippen LogP contribution in [0.5, 0.6) is 5.75 Å². The van der Waals surface area contributed by atoms with Crippen LogP contribution in [0.25, 0.3) is 0 Å². The van der Waals surface area contributed by atoms with Crippen molar-refractivity contribution < 1.29 is 22.7 Å². The van der Waals surface area contributed by atoms with Crippen LogP contribution < -0.4 is 4.74 Å². The van der Waals surface area contributed by atoms with Crippen molar-refractivity contribution >= 4 is 6.41 Å².